The molecule has 0 bridgehead atoms. The number of hydrogen-bond donors (Lipinski definition) is 0. The Labute approximate surface area is 134 Å². The Morgan fingerprint density at radius 3 is 2.64 bits per heavy atom. The van der Waals surface area contributed by atoms with Gasteiger partial charge in [0.15, 0.2) is 0 Å². The molecule has 0 saturated carbocycles. The van der Waals surface area contributed by atoms with E-state index in [0.717, 1.165) is 38.8 Å². The van der Waals surface area contributed by atoms with Gasteiger partial charge in [0, 0.05) is 56.6 Å². The fourth-order valence-electron chi connectivity index (χ4n) is 3.74. The molecular weight excluding hydrogens is 276 g/mol. The molecule has 0 spiro atoms. The molecule has 124 valence electrons. The highest BCUT2D eigenvalue weighted by Gasteiger charge is 2.34. The summed E-state index contributed by atoms with van der Waals surface area (Å²) in [5.41, 5.74) is 2.56. The van der Waals surface area contributed by atoms with E-state index in [9.17, 15) is 0 Å². The third kappa shape index (κ3) is 3.36. The van der Waals surface area contributed by atoms with E-state index in [2.05, 4.69) is 53.5 Å². The van der Waals surface area contributed by atoms with Gasteiger partial charge < -0.3 is 4.74 Å². The largest absolute Gasteiger partial charge is 0.379 e. The molecule has 5 heteroatoms. The van der Waals surface area contributed by atoms with Crippen molar-refractivity contribution in [3.05, 3.63) is 17.5 Å². The molecule has 0 unspecified atom stereocenters. The van der Waals surface area contributed by atoms with Crippen LogP contribution in [0.2, 0.25) is 0 Å². The molecule has 5 nitrogen and oxygen atoms in total. The van der Waals surface area contributed by atoms with E-state index in [4.69, 9.17) is 4.74 Å². The molecule has 1 aromatic heterocycles. The fourth-order valence-corrected chi connectivity index (χ4v) is 3.74. The minimum Gasteiger partial charge on any atom is -0.379 e. The van der Waals surface area contributed by atoms with Gasteiger partial charge in [0.05, 0.1) is 18.9 Å². The Bertz CT molecular complexity index is 493. The summed E-state index contributed by atoms with van der Waals surface area (Å²) in [5.74, 6) is 0.735. The summed E-state index contributed by atoms with van der Waals surface area (Å²) >= 11 is 0. The Kier molecular flexibility index (Phi) is 4.85. The number of likely N-dealkylation sites (tertiary alicyclic amines) is 1. The van der Waals surface area contributed by atoms with Crippen LogP contribution in [0.15, 0.2) is 6.20 Å². The molecule has 1 aromatic rings. The second-order valence-electron chi connectivity index (χ2n) is 7.20. The number of morpholine rings is 1. The molecule has 22 heavy (non-hydrogen) atoms. The molecule has 3 heterocycles. The van der Waals surface area contributed by atoms with Gasteiger partial charge in [0.1, 0.15) is 0 Å². The smallest absolute Gasteiger partial charge is 0.0638 e. The lowest BCUT2D eigenvalue weighted by Crippen LogP contribution is -2.46. The number of aryl methyl sites for hydroxylation is 1. The van der Waals surface area contributed by atoms with Crippen LogP contribution in [0.3, 0.4) is 0 Å². The molecule has 2 aliphatic heterocycles. The van der Waals surface area contributed by atoms with Crippen molar-refractivity contribution in [3.63, 3.8) is 0 Å². The van der Waals surface area contributed by atoms with Crippen LogP contribution in [0.5, 0.6) is 0 Å². The van der Waals surface area contributed by atoms with Crippen LogP contribution >= 0.6 is 0 Å². The number of hydrogen-bond acceptors (Lipinski definition) is 4. The molecule has 2 saturated heterocycles. The zero-order valence-electron chi connectivity index (χ0n) is 14.5. The van der Waals surface area contributed by atoms with Crippen molar-refractivity contribution in [2.75, 3.05) is 39.4 Å². The summed E-state index contributed by atoms with van der Waals surface area (Å²) < 4.78 is 7.58. The summed E-state index contributed by atoms with van der Waals surface area (Å²) in [5, 5.41) is 4.64. The van der Waals surface area contributed by atoms with Gasteiger partial charge in [-0.2, -0.15) is 5.10 Å². The molecule has 0 aliphatic carbocycles. The molecule has 2 atom stereocenters. The second-order valence-corrected chi connectivity index (χ2v) is 7.20. The molecule has 0 amide bonds. The van der Waals surface area contributed by atoms with Crippen LogP contribution in [0.1, 0.15) is 38.1 Å². The van der Waals surface area contributed by atoms with Gasteiger partial charge in [-0.05, 0) is 26.7 Å². The number of ether oxygens (including phenoxy) is 1. The van der Waals surface area contributed by atoms with E-state index in [1.807, 2.05) is 0 Å². The van der Waals surface area contributed by atoms with E-state index in [-0.39, 0.29) is 0 Å². The van der Waals surface area contributed by atoms with Crippen LogP contribution in [0, 0.1) is 12.8 Å². The summed E-state index contributed by atoms with van der Waals surface area (Å²) in [6, 6.07) is 1.12. The number of nitrogens with zero attached hydrogens (tertiary/aromatic N) is 4. The Morgan fingerprint density at radius 2 is 2.00 bits per heavy atom. The first-order chi connectivity index (χ1) is 10.5. The van der Waals surface area contributed by atoms with Gasteiger partial charge in [0.2, 0.25) is 0 Å². The van der Waals surface area contributed by atoms with Crippen molar-refractivity contribution in [1.82, 2.24) is 19.6 Å². The second kappa shape index (κ2) is 6.69. The van der Waals surface area contributed by atoms with Gasteiger partial charge >= 0.3 is 0 Å². The zero-order valence-corrected chi connectivity index (χ0v) is 14.5. The van der Waals surface area contributed by atoms with E-state index in [1.165, 1.54) is 24.3 Å². The molecular formula is C17H30N4O. The maximum absolute atomic E-state index is 5.49. The summed E-state index contributed by atoms with van der Waals surface area (Å²) in [4.78, 5) is 5.22. The van der Waals surface area contributed by atoms with Crippen LogP contribution in [-0.4, -0.2) is 65.0 Å². The first-order valence-electron chi connectivity index (χ1n) is 8.63. The van der Waals surface area contributed by atoms with Gasteiger partial charge in [-0.3, -0.25) is 14.5 Å². The van der Waals surface area contributed by atoms with Crippen molar-refractivity contribution in [1.29, 1.82) is 0 Å². The first kappa shape index (κ1) is 16.0. The summed E-state index contributed by atoms with van der Waals surface area (Å²) in [6.45, 7) is 16.3. The highest BCUT2D eigenvalue weighted by molar-refractivity contribution is 5.16. The quantitative estimate of drug-likeness (QED) is 0.851. The topological polar surface area (TPSA) is 33.5 Å². The van der Waals surface area contributed by atoms with Crippen LogP contribution in [0.25, 0.3) is 0 Å². The average molecular weight is 306 g/mol. The minimum atomic E-state index is 0.436. The molecule has 3 rings (SSSR count). The molecule has 0 N–H and O–H groups in total. The van der Waals surface area contributed by atoms with E-state index >= 15 is 0 Å². The predicted molar refractivity (Wildman–Crippen MR) is 88.0 cm³/mol. The van der Waals surface area contributed by atoms with E-state index in [1.54, 1.807) is 0 Å². The standard InChI is InChI=1S/C17H30N4O/c1-13(2)21-11-16(15(4)18-21)10-19-9-14(3)17(12-19)20-5-7-22-8-6-20/h11,13-14,17H,5-10,12H2,1-4H3/t14-,17-/m0/s1. The lowest BCUT2D eigenvalue weighted by Gasteiger charge is -2.34. The lowest BCUT2D eigenvalue weighted by molar-refractivity contribution is 0.0118. The van der Waals surface area contributed by atoms with Crippen LogP contribution < -0.4 is 0 Å². The minimum absolute atomic E-state index is 0.436. The number of rotatable bonds is 4. The fraction of sp³-hybridized carbons (Fsp3) is 0.824. The highest BCUT2D eigenvalue weighted by Crippen LogP contribution is 2.25. The van der Waals surface area contributed by atoms with Crippen molar-refractivity contribution < 1.29 is 4.74 Å². The van der Waals surface area contributed by atoms with Crippen molar-refractivity contribution in [2.45, 2.75) is 46.3 Å². The Morgan fingerprint density at radius 1 is 1.27 bits per heavy atom. The highest BCUT2D eigenvalue weighted by atomic mass is 16.5. The van der Waals surface area contributed by atoms with Crippen LogP contribution in [0.4, 0.5) is 0 Å². The lowest BCUT2D eigenvalue weighted by atomic mass is 10.0. The van der Waals surface area contributed by atoms with Gasteiger partial charge in [-0.15, -0.1) is 0 Å². The SMILES string of the molecule is Cc1nn(C(C)C)cc1CN1C[C@H](C)[C@@H](N2CCOCC2)C1. The van der Waals surface area contributed by atoms with Gasteiger partial charge in [-0.25, -0.2) is 0 Å². The predicted octanol–water partition coefficient (Wildman–Crippen LogP) is 1.92. The van der Waals surface area contributed by atoms with Crippen molar-refractivity contribution in [3.8, 4) is 0 Å². The first-order valence-corrected chi connectivity index (χ1v) is 8.63. The summed E-state index contributed by atoms with van der Waals surface area (Å²) in [6.07, 6.45) is 2.23. The Balaban J connectivity index is 1.62. The monoisotopic (exact) mass is 306 g/mol. The van der Waals surface area contributed by atoms with Gasteiger partial charge in [-0.1, -0.05) is 6.92 Å². The molecule has 2 fully saturated rings. The molecule has 0 aromatic carbocycles. The Hall–Kier alpha value is -0.910. The third-order valence-corrected chi connectivity index (χ3v) is 5.10. The van der Waals surface area contributed by atoms with Crippen molar-refractivity contribution in [2.24, 2.45) is 5.92 Å². The van der Waals surface area contributed by atoms with Gasteiger partial charge in [0.25, 0.3) is 0 Å². The molecule has 0 radical (unpaired) electrons. The van der Waals surface area contributed by atoms with E-state index in [0.29, 0.717) is 12.1 Å². The molecule has 2 aliphatic rings. The maximum Gasteiger partial charge on any atom is 0.0638 e. The van der Waals surface area contributed by atoms with Crippen LogP contribution in [-0.2, 0) is 11.3 Å². The average Bonchev–Trinajstić information content (AvgIpc) is 3.04. The maximum atomic E-state index is 5.49. The van der Waals surface area contributed by atoms with Crippen molar-refractivity contribution >= 4 is 0 Å². The number of aromatic nitrogens is 2. The third-order valence-electron chi connectivity index (χ3n) is 5.10. The zero-order chi connectivity index (χ0) is 15.7. The summed E-state index contributed by atoms with van der Waals surface area (Å²) in [7, 11) is 0. The normalized spacial score (nSPS) is 27.9. The van der Waals surface area contributed by atoms with E-state index < -0.39 is 0 Å².